The third-order valence-corrected chi connectivity index (χ3v) is 3.00. The van der Waals surface area contributed by atoms with Crippen LogP contribution in [0.4, 0.5) is 0 Å². The minimum atomic E-state index is 0.303. The molecular weight excluding hydrogens is 224 g/mol. The molecule has 3 aromatic rings. The second-order valence-electron chi connectivity index (χ2n) is 4.23. The van der Waals surface area contributed by atoms with Crippen molar-refractivity contribution in [2.45, 2.75) is 6.92 Å². The number of hydrogen-bond acceptors (Lipinski definition) is 3. The molecule has 0 unspecified atom stereocenters. The molecule has 0 bridgehead atoms. The lowest BCUT2D eigenvalue weighted by molar-refractivity contribution is 0.471. The minimum absolute atomic E-state index is 0.303. The molecule has 3 rings (SSSR count). The lowest BCUT2D eigenvalue weighted by Gasteiger charge is -2.06. The Morgan fingerprint density at radius 2 is 1.89 bits per heavy atom. The van der Waals surface area contributed by atoms with E-state index in [1.54, 1.807) is 18.5 Å². The SMILES string of the molecule is Cc1cc(-c2nccc3ncccc23)ccc1O. The molecule has 3 nitrogen and oxygen atoms in total. The van der Waals surface area contributed by atoms with Crippen LogP contribution in [-0.4, -0.2) is 15.1 Å². The zero-order chi connectivity index (χ0) is 12.5. The van der Waals surface area contributed by atoms with Gasteiger partial charge >= 0.3 is 0 Å². The molecule has 88 valence electrons. The number of hydrogen-bond donors (Lipinski definition) is 1. The normalized spacial score (nSPS) is 10.7. The van der Waals surface area contributed by atoms with Crippen molar-refractivity contribution in [3.05, 3.63) is 54.4 Å². The first-order valence-corrected chi connectivity index (χ1v) is 5.75. The summed E-state index contributed by atoms with van der Waals surface area (Å²) in [5, 5.41) is 10.6. The number of aromatic nitrogens is 2. The third kappa shape index (κ3) is 1.70. The lowest BCUT2D eigenvalue weighted by atomic mass is 10.0. The predicted octanol–water partition coefficient (Wildman–Crippen LogP) is 3.31. The molecule has 0 atom stereocenters. The molecule has 2 aromatic heterocycles. The number of aryl methyl sites for hydroxylation is 1. The molecule has 2 heterocycles. The smallest absolute Gasteiger partial charge is 0.118 e. The first-order valence-electron chi connectivity index (χ1n) is 5.75. The highest BCUT2D eigenvalue weighted by atomic mass is 16.3. The second-order valence-corrected chi connectivity index (χ2v) is 4.23. The molecule has 1 aromatic carbocycles. The topological polar surface area (TPSA) is 46.0 Å². The van der Waals surface area contributed by atoms with Gasteiger partial charge in [-0.2, -0.15) is 0 Å². The fourth-order valence-electron chi connectivity index (χ4n) is 2.04. The largest absolute Gasteiger partial charge is 0.508 e. The Kier molecular flexibility index (Phi) is 2.45. The number of pyridine rings is 2. The number of phenols is 1. The van der Waals surface area contributed by atoms with Gasteiger partial charge in [-0.05, 0) is 48.9 Å². The average Bonchev–Trinajstić information content (AvgIpc) is 2.41. The molecule has 0 radical (unpaired) electrons. The first-order chi connectivity index (χ1) is 8.75. The van der Waals surface area contributed by atoms with Crippen molar-refractivity contribution in [3.63, 3.8) is 0 Å². The molecule has 0 fully saturated rings. The summed E-state index contributed by atoms with van der Waals surface area (Å²) in [6.45, 7) is 1.88. The van der Waals surface area contributed by atoms with Crippen LogP contribution in [0.2, 0.25) is 0 Å². The summed E-state index contributed by atoms with van der Waals surface area (Å²) >= 11 is 0. The van der Waals surface area contributed by atoms with Crippen LogP contribution in [0, 0.1) is 6.92 Å². The van der Waals surface area contributed by atoms with Crippen molar-refractivity contribution in [2.75, 3.05) is 0 Å². The van der Waals surface area contributed by atoms with Crippen molar-refractivity contribution in [3.8, 4) is 17.0 Å². The summed E-state index contributed by atoms with van der Waals surface area (Å²) in [6.07, 6.45) is 3.53. The standard InChI is InChI=1S/C15H12N2O/c1-10-9-11(4-5-14(10)18)15-12-3-2-7-16-13(12)6-8-17-15/h2-9,18H,1H3. The Morgan fingerprint density at radius 1 is 1.00 bits per heavy atom. The van der Waals surface area contributed by atoms with Gasteiger partial charge in [0.2, 0.25) is 0 Å². The maximum atomic E-state index is 9.57. The molecule has 0 aliphatic carbocycles. The Morgan fingerprint density at radius 3 is 2.72 bits per heavy atom. The van der Waals surface area contributed by atoms with Crippen LogP contribution in [0.1, 0.15) is 5.56 Å². The molecule has 0 saturated heterocycles. The van der Waals surface area contributed by atoms with E-state index in [4.69, 9.17) is 0 Å². The van der Waals surface area contributed by atoms with E-state index >= 15 is 0 Å². The Balaban J connectivity index is 2.28. The van der Waals surface area contributed by atoms with E-state index in [-0.39, 0.29) is 0 Å². The maximum Gasteiger partial charge on any atom is 0.118 e. The molecule has 0 amide bonds. The zero-order valence-electron chi connectivity index (χ0n) is 9.96. The number of nitrogens with zero attached hydrogens (tertiary/aromatic N) is 2. The van der Waals surface area contributed by atoms with Crippen LogP contribution in [0.3, 0.4) is 0 Å². The molecule has 0 aliphatic rings. The van der Waals surface area contributed by atoms with E-state index < -0.39 is 0 Å². The molecule has 0 saturated carbocycles. The fourth-order valence-corrected chi connectivity index (χ4v) is 2.04. The van der Waals surface area contributed by atoms with Crippen molar-refractivity contribution in [1.29, 1.82) is 0 Å². The Labute approximate surface area is 105 Å². The molecule has 18 heavy (non-hydrogen) atoms. The van der Waals surface area contributed by atoms with Crippen LogP contribution in [0.15, 0.2) is 48.8 Å². The van der Waals surface area contributed by atoms with Crippen LogP contribution >= 0.6 is 0 Å². The highest BCUT2D eigenvalue weighted by Gasteiger charge is 2.06. The number of fused-ring (bicyclic) bond motifs is 1. The van der Waals surface area contributed by atoms with Crippen molar-refractivity contribution in [2.24, 2.45) is 0 Å². The van der Waals surface area contributed by atoms with Crippen LogP contribution < -0.4 is 0 Å². The minimum Gasteiger partial charge on any atom is -0.508 e. The van der Waals surface area contributed by atoms with Gasteiger partial charge in [-0.1, -0.05) is 0 Å². The Hall–Kier alpha value is -2.42. The van der Waals surface area contributed by atoms with Crippen molar-refractivity contribution >= 4 is 10.9 Å². The van der Waals surface area contributed by atoms with E-state index in [2.05, 4.69) is 9.97 Å². The highest BCUT2D eigenvalue weighted by molar-refractivity contribution is 5.92. The fraction of sp³-hybridized carbons (Fsp3) is 0.0667. The van der Waals surface area contributed by atoms with E-state index in [0.717, 1.165) is 27.7 Å². The van der Waals surface area contributed by atoms with Gasteiger partial charge in [0.15, 0.2) is 0 Å². The van der Waals surface area contributed by atoms with Gasteiger partial charge in [0.1, 0.15) is 5.75 Å². The molecule has 0 aliphatic heterocycles. The molecule has 3 heteroatoms. The summed E-state index contributed by atoms with van der Waals surface area (Å²) in [6, 6.07) is 11.3. The number of benzene rings is 1. The van der Waals surface area contributed by atoms with Gasteiger partial charge in [-0.3, -0.25) is 9.97 Å². The number of rotatable bonds is 1. The summed E-state index contributed by atoms with van der Waals surface area (Å²) in [7, 11) is 0. The van der Waals surface area contributed by atoms with Gasteiger partial charge in [0.05, 0.1) is 11.2 Å². The summed E-state index contributed by atoms with van der Waals surface area (Å²) in [5.74, 6) is 0.303. The summed E-state index contributed by atoms with van der Waals surface area (Å²) < 4.78 is 0. The van der Waals surface area contributed by atoms with E-state index in [0.29, 0.717) is 5.75 Å². The number of aromatic hydroxyl groups is 1. The van der Waals surface area contributed by atoms with Gasteiger partial charge in [-0.15, -0.1) is 0 Å². The zero-order valence-corrected chi connectivity index (χ0v) is 9.96. The van der Waals surface area contributed by atoms with Gasteiger partial charge in [-0.25, -0.2) is 0 Å². The third-order valence-electron chi connectivity index (χ3n) is 3.00. The van der Waals surface area contributed by atoms with E-state index in [1.807, 2.05) is 37.3 Å². The summed E-state index contributed by atoms with van der Waals surface area (Å²) in [5.41, 5.74) is 3.65. The highest BCUT2D eigenvalue weighted by Crippen LogP contribution is 2.28. The van der Waals surface area contributed by atoms with Gasteiger partial charge < -0.3 is 5.11 Å². The lowest BCUT2D eigenvalue weighted by Crippen LogP contribution is -1.88. The molecular formula is C15H12N2O. The van der Waals surface area contributed by atoms with Crippen LogP contribution in [0.5, 0.6) is 5.75 Å². The average molecular weight is 236 g/mol. The van der Waals surface area contributed by atoms with E-state index in [1.165, 1.54) is 0 Å². The van der Waals surface area contributed by atoms with Crippen LogP contribution in [-0.2, 0) is 0 Å². The first kappa shape index (κ1) is 10.7. The molecule has 0 spiro atoms. The Bertz CT molecular complexity index is 717. The monoisotopic (exact) mass is 236 g/mol. The van der Waals surface area contributed by atoms with Crippen molar-refractivity contribution < 1.29 is 5.11 Å². The predicted molar refractivity (Wildman–Crippen MR) is 71.4 cm³/mol. The quantitative estimate of drug-likeness (QED) is 0.705. The second kappa shape index (κ2) is 4.11. The van der Waals surface area contributed by atoms with Crippen LogP contribution in [0.25, 0.3) is 22.2 Å². The van der Waals surface area contributed by atoms with Crippen molar-refractivity contribution in [1.82, 2.24) is 9.97 Å². The molecule has 1 N–H and O–H groups in total. The summed E-state index contributed by atoms with van der Waals surface area (Å²) in [4.78, 5) is 8.74. The maximum absolute atomic E-state index is 9.57. The van der Waals surface area contributed by atoms with E-state index in [9.17, 15) is 5.11 Å². The van der Waals surface area contributed by atoms with Gasteiger partial charge in [0, 0.05) is 23.3 Å². The van der Waals surface area contributed by atoms with Gasteiger partial charge in [0.25, 0.3) is 0 Å². The number of phenolic OH excluding ortho intramolecular Hbond substituents is 1.